The second kappa shape index (κ2) is 8.47. The van der Waals surface area contributed by atoms with Crippen LogP contribution in [0.4, 0.5) is 11.4 Å². The molecule has 2 aliphatic rings. The van der Waals surface area contributed by atoms with Gasteiger partial charge in [-0.05, 0) is 35.9 Å². The smallest absolute Gasteiger partial charge is 0.335 e. The number of anilines is 2. The van der Waals surface area contributed by atoms with E-state index in [0.29, 0.717) is 17.2 Å². The van der Waals surface area contributed by atoms with Crippen LogP contribution >= 0.6 is 23.5 Å². The molecular formula is C18H16N2O5S2. The molecule has 0 fully saturated rings. The van der Waals surface area contributed by atoms with Crippen LogP contribution < -0.4 is 10.6 Å². The zero-order chi connectivity index (χ0) is 19.4. The number of nitrogens with one attached hydrogen (secondary N) is 2. The molecule has 4 N–H and O–H groups in total. The monoisotopic (exact) mass is 404 g/mol. The summed E-state index contributed by atoms with van der Waals surface area (Å²) in [5, 5.41) is 23.0. The van der Waals surface area contributed by atoms with E-state index in [1.807, 2.05) is 12.1 Å². The Hall–Kier alpha value is -2.49. The summed E-state index contributed by atoms with van der Waals surface area (Å²) in [6, 6.07) is 10.3. The maximum absolute atomic E-state index is 11.0. The minimum atomic E-state index is -0.988. The average molecular weight is 404 g/mol. The van der Waals surface area contributed by atoms with Crippen molar-refractivity contribution < 1.29 is 24.6 Å². The van der Waals surface area contributed by atoms with Gasteiger partial charge in [0.05, 0.1) is 35.1 Å². The molecule has 140 valence electrons. The molecule has 0 radical (unpaired) electrons. The van der Waals surface area contributed by atoms with Crippen LogP contribution in [0.1, 0.15) is 15.9 Å². The van der Waals surface area contributed by atoms with Gasteiger partial charge >= 0.3 is 5.97 Å². The Kier molecular flexibility index (Phi) is 6.04. The highest BCUT2D eigenvalue weighted by Gasteiger charge is 2.17. The van der Waals surface area contributed by atoms with E-state index < -0.39 is 5.97 Å². The van der Waals surface area contributed by atoms with Crippen LogP contribution in [0.15, 0.2) is 46.2 Å². The molecule has 2 aromatic carbocycles. The number of carboxylic acid groups (broad SMARTS) is 1. The molecule has 0 unspecified atom stereocenters. The van der Waals surface area contributed by atoms with Gasteiger partial charge in [0.25, 0.3) is 0 Å². The van der Waals surface area contributed by atoms with Crippen LogP contribution in [0.3, 0.4) is 0 Å². The predicted octanol–water partition coefficient (Wildman–Crippen LogP) is 2.65. The van der Waals surface area contributed by atoms with Crippen molar-refractivity contribution in [3.8, 4) is 0 Å². The van der Waals surface area contributed by atoms with Gasteiger partial charge in [-0.2, -0.15) is 0 Å². The largest absolute Gasteiger partial charge is 0.478 e. The molecule has 7 nitrogen and oxygen atoms in total. The van der Waals surface area contributed by atoms with Crippen molar-refractivity contribution in [1.29, 1.82) is 0 Å². The molecule has 0 aliphatic carbocycles. The number of thioether (sulfide) groups is 2. The average Bonchev–Trinajstić information content (AvgIpc) is 2.67. The van der Waals surface area contributed by atoms with Gasteiger partial charge in [0.15, 0.2) is 0 Å². The summed E-state index contributed by atoms with van der Waals surface area (Å²) in [5.41, 5.74) is 2.41. The molecule has 0 saturated carbocycles. The number of aromatic carboxylic acids is 1. The number of fused-ring (bicyclic) bond motifs is 2. The lowest BCUT2D eigenvalue weighted by molar-refractivity contribution is -0.114. The highest BCUT2D eigenvalue weighted by Crippen LogP contribution is 2.32. The van der Waals surface area contributed by atoms with E-state index in [2.05, 4.69) is 10.6 Å². The van der Waals surface area contributed by atoms with E-state index in [1.165, 1.54) is 35.7 Å². The van der Waals surface area contributed by atoms with E-state index in [9.17, 15) is 14.4 Å². The van der Waals surface area contributed by atoms with E-state index in [4.69, 9.17) is 10.2 Å². The second-order valence-electron chi connectivity index (χ2n) is 5.68. The number of carbonyl (C=O) groups is 3. The molecule has 2 amide bonds. The van der Waals surface area contributed by atoms with Crippen molar-refractivity contribution in [2.75, 3.05) is 22.1 Å². The number of aliphatic hydroxyl groups is 1. The fourth-order valence-corrected chi connectivity index (χ4v) is 4.02. The number of carboxylic acids is 1. The Morgan fingerprint density at radius 3 is 2.04 bits per heavy atom. The molecule has 2 aromatic rings. The Morgan fingerprint density at radius 2 is 1.48 bits per heavy atom. The summed E-state index contributed by atoms with van der Waals surface area (Å²) in [4.78, 5) is 34.7. The lowest BCUT2D eigenvalue weighted by Gasteiger charge is -2.16. The lowest BCUT2D eigenvalue weighted by atomic mass is 10.2. The standard InChI is InChI=1S/C9H7NO3S.C9H9NO2S/c11-8-4-14-7-2-1-5(9(12)13)3-6(7)10-8;11-4-6-1-2-8-7(3-6)10-9(12)5-13-8/h1-3H,4H2,(H,10,11)(H,12,13);1-3,11H,4-5H2,(H,10,12). The number of aliphatic hydroxyl groups excluding tert-OH is 1. The Balaban J connectivity index is 0.000000156. The van der Waals surface area contributed by atoms with Gasteiger partial charge in [-0.25, -0.2) is 4.79 Å². The molecule has 0 bridgehead atoms. The zero-order valence-corrected chi connectivity index (χ0v) is 15.7. The van der Waals surface area contributed by atoms with Gasteiger partial charge in [-0.15, -0.1) is 23.5 Å². The first-order chi connectivity index (χ1) is 13.0. The molecule has 0 saturated heterocycles. The minimum absolute atomic E-state index is 0.00776. The van der Waals surface area contributed by atoms with Crippen LogP contribution in [0.5, 0.6) is 0 Å². The van der Waals surface area contributed by atoms with E-state index in [1.54, 1.807) is 12.1 Å². The highest BCUT2D eigenvalue weighted by molar-refractivity contribution is 8.00. The van der Waals surface area contributed by atoms with Crippen molar-refractivity contribution in [3.63, 3.8) is 0 Å². The van der Waals surface area contributed by atoms with Crippen molar-refractivity contribution in [1.82, 2.24) is 0 Å². The van der Waals surface area contributed by atoms with Gasteiger partial charge in [0.2, 0.25) is 11.8 Å². The third kappa shape index (κ3) is 4.82. The van der Waals surface area contributed by atoms with Crippen LogP contribution in [0.2, 0.25) is 0 Å². The van der Waals surface area contributed by atoms with E-state index >= 15 is 0 Å². The normalized spacial score (nSPS) is 14.7. The van der Waals surface area contributed by atoms with Crippen LogP contribution in [0.25, 0.3) is 0 Å². The number of hydrogen-bond donors (Lipinski definition) is 4. The SMILES string of the molecule is O=C1CSc2ccc(C(=O)O)cc2N1.O=C1CSc2ccc(CO)cc2N1. The van der Waals surface area contributed by atoms with Gasteiger partial charge in [0.1, 0.15) is 0 Å². The van der Waals surface area contributed by atoms with Gasteiger partial charge in [-0.1, -0.05) is 6.07 Å². The first kappa shape index (κ1) is 19.3. The molecule has 4 rings (SSSR count). The van der Waals surface area contributed by atoms with Gasteiger partial charge in [0, 0.05) is 9.79 Å². The quantitative estimate of drug-likeness (QED) is 0.608. The summed E-state index contributed by atoms with van der Waals surface area (Å²) in [7, 11) is 0. The molecule has 9 heteroatoms. The maximum Gasteiger partial charge on any atom is 0.335 e. The van der Waals surface area contributed by atoms with Crippen molar-refractivity contribution in [3.05, 3.63) is 47.5 Å². The summed E-state index contributed by atoms with van der Waals surface area (Å²) >= 11 is 2.93. The van der Waals surface area contributed by atoms with E-state index in [0.717, 1.165) is 21.0 Å². The Bertz CT molecular complexity index is 917. The molecule has 2 aliphatic heterocycles. The van der Waals surface area contributed by atoms with Crippen molar-refractivity contribution >= 4 is 52.7 Å². The summed E-state index contributed by atoms with van der Waals surface area (Å²) < 4.78 is 0. The number of rotatable bonds is 2. The zero-order valence-electron chi connectivity index (χ0n) is 14.0. The fourth-order valence-electron chi connectivity index (χ4n) is 2.44. The van der Waals surface area contributed by atoms with Crippen molar-refractivity contribution in [2.24, 2.45) is 0 Å². The third-order valence-electron chi connectivity index (χ3n) is 3.72. The summed E-state index contributed by atoms with van der Waals surface area (Å²) in [6.07, 6.45) is 0. The minimum Gasteiger partial charge on any atom is -0.478 e. The topological polar surface area (TPSA) is 116 Å². The first-order valence-electron chi connectivity index (χ1n) is 7.92. The third-order valence-corrected chi connectivity index (χ3v) is 5.87. The van der Waals surface area contributed by atoms with Crippen LogP contribution in [-0.4, -0.2) is 39.5 Å². The van der Waals surface area contributed by atoms with Gasteiger partial charge in [-0.3, -0.25) is 9.59 Å². The van der Waals surface area contributed by atoms with E-state index in [-0.39, 0.29) is 24.0 Å². The van der Waals surface area contributed by atoms with Crippen LogP contribution in [-0.2, 0) is 16.2 Å². The Morgan fingerprint density at radius 1 is 0.926 bits per heavy atom. The first-order valence-corrected chi connectivity index (χ1v) is 9.90. The molecule has 0 spiro atoms. The number of amides is 2. The van der Waals surface area contributed by atoms with Gasteiger partial charge < -0.3 is 20.8 Å². The molecule has 2 heterocycles. The van der Waals surface area contributed by atoms with Crippen molar-refractivity contribution in [2.45, 2.75) is 16.4 Å². The summed E-state index contributed by atoms with van der Waals surface area (Å²) in [5.74, 6) is -0.194. The van der Waals surface area contributed by atoms with Crippen LogP contribution in [0, 0.1) is 0 Å². The summed E-state index contributed by atoms with van der Waals surface area (Å²) in [6.45, 7) is 0.00776. The predicted molar refractivity (Wildman–Crippen MR) is 104 cm³/mol. The second-order valence-corrected chi connectivity index (χ2v) is 7.71. The number of benzene rings is 2. The number of hydrogen-bond acceptors (Lipinski definition) is 6. The molecular weight excluding hydrogens is 388 g/mol. The molecule has 0 aromatic heterocycles. The Labute approximate surface area is 163 Å². The maximum atomic E-state index is 11.0. The molecule has 27 heavy (non-hydrogen) atoms. The highest BCUT2D eigenvalue weighted by atomic mass is 32.2. The molecule has 0 atom stereocenters. The lowest BCUT2D eigenvalue weighted by Crippen LogP contribution is -2.19. The fraction of sp³-hybridized carbons (Fsp3) is 0.167. The number of carbonyl (C=O) groups excluding carboxylic acids is 2.